The molecule has 2 aromatic carbocycles. The summed E-state index contributed by atoms with van der Waals surface area (Å²) in [5.74, 6) is 0.165. The van der Waals surface area contributed by atoms with Crippen LogP contribution < -0.4 is 4.74 Å². The van der Waals surface area contributed by atoms with Gasteiger partial charge in [0.1, 0.15) is 5.75 Å². The van der Waals surface area contributed by atoms with E-state index < -0.39 is 6.61 Å². The van der Waals surface area contributed by atoms with Crippen LogP contribution in [0.2, 0.25) is 0 Å². The maximum absolute atomic E-state index is 12.5. The van der Waals surface area contributed by atoms with Crippen LogP contribution in [0.25, 0.3) is 11.1 Å². The van der Waals surface area contributed by atoms with Crippen molar-refractivity contribution in [3.05, 3.63) is 42.0 Å². The lowest BCUT2D eigenvalue weighted by atomic mass is 10.0. The lowest BCUT2D eigenvalue weighted by Crippen LogP contribution is -2.03. The molecule has 0 amide bonds. The molecule has 0 bridgehead atoms. The van der Waals surface area contributed by atoms with Crippen LogP contribution in [0.4, 0.5) is 8.78 Å². The molecule has 0 radical (unpaired) electrons. The van der Waals surface area contributed by atoms with Crippen LogP contribution >= 0.6 is 24.4 Å². The minimum atomic E-state index is -2.85. The van der Waals surface area contributed by atoms with Gasteiger partial charge in [-0.1, -0.05) is 17.7 Å². The summed E-state index contributed by atoms with van der Waals surface area (Å²) in [6, 6.07) is 10.9. The largest absolute Gasteiger partial charge is 0.434 e. The Labute approximate surface area is 126 Å². The van der Waals surface area contributed by atoms with E-state index in [4.69, 9.17) is 0 Å². The summed E-state index contributed by atoms with van der Waals surface area (Å²) in [4.78, 5) is 1.71. The minimum Gasteiger partial charge on any atom is -0.434 e. The third-order valence-electron chi connectivity index (χ3n) is 2.85. The second-order valence-electron chi connectivity index (χ2n) is 4.26. The van der Waals surface area contributed by atoms with Gasteiger partial charge in [0.25, 0.3) is 0 Å². The van der Waals surface area contributed by atoms with Gasteiger partial charge >= 0.3 is 6.61 Å². The van der Waals surface area contributed by atoms with Gasteiger partial charge in [0.05, 0.1) is 0 Å². The number of rotatable bonds is 4. The van der Waals surface area contributed by atoms with E-state index in [1.54, 1.807) is 23.9 Å². The summed E-state index contributed by atoms with van der Waals surface area (Å²) in [6.45, 7) is -0.898. The van der Waals surface area contributed by atoms with Crippen LogP contribution in [0, 0.1) is 6.92 Å². The molecule has 0 aliphatic heterocycles. The van der Waals surface area contributed by atoms with Gasteiger partial charge in [-0.15, -0.1) is 24.4 Å². The smallest absolute Gasteiger partial charge is 0.387 e. The van der Waals surface area contributed by atoms with E-state index >= 15 is 0 Å². The SMILES string of the molecule is CSc1ccc(OC(F)F)c(-c2cc(C)ccc2S)c1. The number of benzene rings is 2. The van der Waals surface area contributed by atoms with Crippen LogP contribution in [0.3, 0.4) is 0 Å². The molecule has 2 rings (SSSR count). The van der Waals surface area contributed by atoms with Gasteiger partial charge in [-0.05, 0) is 43.0 Å². The van der Waals surface area contributed by atoms with Gasteiger partial charge in [-0.25, -0.2) is 0 Å². The Kier molecular flexibility index (Phi) is 4.94. The molecule has 0 aliphatic carbocycles. The molecular formula is C15H14F2OS2. The zero-order chi connectivity index (χ0) is 14.7. The van der Waals surface area contributed by atoms with E-state index in [0.29, 0.717) is 5.56 Å². The number of aryl methyl sites for hydroxylation is 1. The van der Waals surface area contributed by atoms with Crippen molar-refractivity contribution >= 4 is 24.4 Å². The number of halogens is 2. The van der Waals surface area contributed by atoms with Crippen LogP contribution in [-0.4, -0.2) is 12.9 Å². The van der Waals surface area contributed by atoms with Crippen molar-refractivity contribution in [3.63, 3.8) is 0 Å². The lowest BCUT2D eigenvalue weighted by molar-refractivity contribution is -0.0494. The predicted octanol–water partition coefficient (Wildman–Crippen LogP) is 5.27. The van der Waals surface area contributed by atoms with Gasteiger partial charge in [0, 0.05) is 15.4 Å². The summed E-state index contributed by atoms with van der Waals surface area (Å²) < 4.78 is 29.7. The van der Waals surface area contributed by atoms with Crippen molar-refractivity contribution in [1.29, 1.82) is 0 Å². The second-order valence-corrected chi connectivity index (χ2v) is 5.62. The molecule has 0 saturated heterocycles. The molecule has 0 atom stereocenters. The molecule has 0 unspecified atom stereocenters. The number of thiol groups is 1. The standard InChI is InChI=1S/C15H14F2OS2/c1-9-3-6-14(19)12(7-9)11-8-10(20-2)4-5-13(11)18-15(16)17/h3-8,15,19H,1-2H3. The summed E-state index contributed by atoms with van der Waals surface area (Å²) in [6.07, 6.45) is 1.94. The molecule has 106 valence electrons. The predicted molar refractivity (Wildman–Crippen MR) is 82.3 cm³/mol. The number of alkyl halides is 2. The maximum Gasteiger partial charge on any atom is 0.387 e. The van der Waals surface area contributed by atoms with Crippen molar-refractivity contribution in [2.75, 3.05) is 6.26 Å². The van der Waals surface area contributed by atoms with Gasteiger partial charge in [-0.3, -0.25) is 0 Å². The van der Waals surface area contributed by atoms with Gasteiger partial charge < -0.3 is 4.74 Å². The summed E-state index contributed by atoms with van der Waals surface area (Å²) >= 11 is 5.96. The first kappa shape index (κ1) is 15.2. The Bertz CT molecular complexity index is 615. The topological polar surface area (TPSA) is 9.23 Å². The van der Waals surface area contributed by atoms with Gasteiger partial charge in [0.15, 0.2) is 0 Å². The molecule has 0 heterocycles. The quantitative estimate of drug-likeness (QED) is 0.608. The summed E-state index contributed by atoms with van der Waals surface area (Å²) in [5.41, 5.74) is 2.46. The molecule has 0 spiro atoms. The summed E-state index contributed by atoms with van der Waals surface area (Å²) in [7, 11) is 0. The molecule has 1 nitrogen and oxygen atoms in total. The molecule has 20 heavy (non-hydrogen) atoms. The molecule has 0 N–H and O–H groups in total. The highest BCUT2D eigenvalue weighted by atomic mass is 32.2. The fourth-order valence-corrected chi connectivity index (χ4v) is 2.61. The highest BCUT2D eigenvalue weighted by Crippen LogP contribution is 2.37. The van der Waals surface area contributed by atoms with E-state index in [1.807, 2.05) is 37.4 Å². The third kappa shape index (κ3) is 3.46. The van der Waals surface area contributed by atoms with Gasteiger partial charge in [0.2, 0.25) is 0 Å². The maximum atomic E-state index is 12.5. The normalized spacial score (nSPS) is 10.9. The fourth-order valence-electron chi connectivity index (χ4n) is 1.91. The van der Waals surface area contributed by atoms with E-state index in [9.17, 15) is 8.78 Å². The number of hydrogen-bond acceptors (Lipinski definition) is 3. The Hall–Kier alpha value is -1.20. The van der Waals surface area contributed by atoms with Crippen LogP contribution in [0.5, 0.6) is 5.75 Å². The zero-order valence-corrected chi connectivity index (χ0v) is 12.8. The van der Waals surface area contributed by atoms with Crippen LogP contribution in [0.1, 0.15) is 5.56 Å². The van der Waals surface area contributed by atoms with Gasteiger partial charge in [-0.2, -0.15) is 8.78 Å². The molecule has 0 aromatic heterocycles. The van der Waals surface area contributed by atoms with Crippen molar-refractivity contribution < 1.29 is 13.5 Å². The molecule has 2 aromatic rings. The highest BCUT2D eigenvalue weighted by molar-refractivity contribution is 7.98. The molecule has 0 aliphatic rings. The molecule has 5 heteroatoms. The van der Waals surface area contributed by atoms with Crippen molar-refractivity contribution in [2.24, 2.45) is 0 Å². The first-order valence-electron chi connectivity index (χ1n) is 5.94. The Morgan fingerprint density at radius 2 is 1.85 bits per heavy atom. The first-order valence-corrected chi connectivity index (χ1v) is 7.61. The third-order valence-corrected chi connectivity index (χ3v) is 3.96. The average molecular weight is 312 g/mol. The van der Waals surface area contributed by atoms with Crippen LogP contribution in [-0.2, 0) is 0 Å². The van der Waals surface area contributed by atoms with Crippen LogP contribution in [0.15, 0.2) is 46.2 Å². The monoisotopic (exact) mass is 312 g/mol. The molecular weight excluding hydrogens is 298 g/mol. The fraction of sp³-hybridized carbons (Fsp3) is 0.200. The van der Waals surface area contributed by atoms with Crippen molar-refractivity contribution in [3.8, 4) is 16.9 Å². The van der Waals surface area contributed by atoms with E-state index in [1.165, 1.54) is 0 Å². The lowest BCUT2D eigenvalue weighted by Gasteiger charge is -2.14. The second kappa shape index (κ2) is 6.50. The Balaban J connectivity index is 2.59. The number of thioether (sulfide) groups is 1. The minimum absolute atomic E-state index is 0.165. The molecule has 0 saturated carbocycles. The number of ether oxygens (including phenoxy) is 1. The zero-order valence-electron chi connectivity index (χ0n) is 11.1. The average Bonchev–Trinajstić information content (AvgIpc) is 2.41. The van der Waals surface area contributed by atoms with E-state index in [-0.39, 0.29) is 5.75 Å². The highest BCUT2D eigenvalue weighted by Gasteiger charge is 2.14. The van der Waals surface area contributed by atoms with E-state index in [0.717, 1.165) is 20.9 Å². The number of hydrogen-bond donors (Lipinski definition) is 1. The van der Waals surface area contributed by atoms with Crippen molar-refractivity contribution in [2.45, 2.75) is 23.3 Å². The Morgan fingerprint density at radius 3 is 2.50 bits per heavy atom. The Morgan fingerprint density at radius 1 is 1.10 bits per heavy atom. The first-order chi connectivity index (χ1) is 9.51. The molecule has 0 fully saturated rings. The van der Waals surface area contributed by atoms with Crippen molar-refractivity contribution in [1.82, 2.24) is 0 Å². The van der Waals surface area contributed by atoms with E-state index in [2.05, 4.69) is 17.4 Å². The summed E-state index contributed by atoms with van der Waals surface area (Å²) in [5, 5.41) is 0.